The smallest absolute Gasteiger partial charge is 0.217 e. The molecule has 0 saturated heterocycles. The van der Waals surface area contributed by atoms with Gasteiger partial charge in [0.15, 0.2) is 11.5 Å². The first kappa shape index (κ1) is 17.3. The van der Waals surface area contributed by atoms with Gasteiger partial charge in [-0.05, 0) is 30.3 Å². The van der Waals surface area contributed by atoms with Crippen LogP contribution in [0, 0.1) is 0 Å². The number of hydrogen-bond acceptors (Lipinski definition) is 5. The first-order valence-electron chi connectivity index (χ1n) is 8.71. The zero-order valence-electron chi connectivity index (χ0n) is 15.9. The molecule has 0 amide bonds. The van der Waals surface area contributed by atoms with Gasteiger partial charge in [-0.1, -0.05) is 6.07 Å². The van der Waals surface area contributed by atoms with Crippen LogP contribution in [0.25, 0.3) is 10.9 Å². The molecule has 2 heterocycles. The maximum Gasteiger partial charge on any atom is 0.217 e. The number of hydrogen-bond donors (Lipinski definition) is 0. The molecule has 0 saturated carbocycles. The van der Waals surface area contributed by atoms with Crippen LogP contribution in [0.2, 0.25) is 0 Å². The van der Waals surface area contributed by atoms with Crippen molar-refractivity contribution in [3.05, 3.63) is 53.7 Å². The lowest BCUT2D eigenvalue weighted by Gasteiger charge is -2.17. The van der Waals surface area contributed by atoms with Crippen LogP contribution in [-0.4, -0.2) is 38.3 Å². The molecule has 140 valence electrons. The van der Waals surface area contributed by atoms with E-state index in [1.54, 1.807) is 21.3 Å². The summed E-state index contributed by atoms with van der Waals surface area (Å²) < 4.78 is 24.6. The van der Waals surface area contributed by atoms with Gasteiger partial charge in [-0.25, -0.2) is 4.99 Å². The van der Waals surface area contributed by atoms with Crippen molar-refractivity contribution in [2.45, 2.75) is 6.10 Å². The molecule has 6 heteroatoms. The van der Waals surface area contributed by atoms with Crippen LogP contribution >= 0.6 is 0 Å². The zero-order valence-corrected chi connectivity index (χ0v) is 15.9. The highest BCUT2D eigenvalue weighted by Crippen LogP contribution is 2.41. The predicted octanol–water partition coefficient (Wildman–Crippen LogP) is 3.72. The van der Waals surface area contributed by atoms with Crippen LogP contribution in [0.1, 0.15) is 17.2 Å². The molecule has 27 heavy (non-hydrogen) atoms. The van der Waals surface area contributed by atoms with Gasteiger partial charge in [0, 0.05) is 35.3 Å². The highest BCUT2D eigenvalue weighted by Gasteiger charge is 2.26. The van der Waals surface area contributed by atoms with Gasteiger partial charge < -0.3 is 23.5 Å². The summed E-state index contributed by atoms with van der Waals surface area (Å²) in [6, 6.07) is 12.1. The number of ether oxygens (including phenoxy) is 4. The number of nitrogens with zero attached hydrogens (tertiary/aromatic N) is 2. The molecule has 0 bridgehead atoms. The van der Waals surface area contributed by atoms with Crippen LogP contribution in [0.4, 0.5) is 0 Å². The molecule has 4 rings (SSSR count). The molecule has 0 radical (unpaired) electrons. The number of aliphatic imine (C=N–C) groups is 1. The van der Waals surface area contributed by atoms with Crippen molar-refractivity contribution >= 4 is 16.8 Å². The molecule has 1 aliphatic heterocycles. The van der Waals surface area contributed by atoms with E-state index >= 15 is 0 Å². The van der Waals surface area contributed by atoms with E-state index in [1.807, 2.05) is 37.5 Å². The summed E-state index contributed by atoms with van der Waals surface area (Å²) in [6.45, 7) is 0.539. The highest BCUT2D eigenvalue weighted by atomic mass is 16.5. The first-order chi connectivity index (χ1) is 13.2. The Bertz CT molecular complexity index is 997. The van der Waals surface area contributed by atoms with Gasteiger partial charge in [0.25, 0.3) is 0 Å². The third-order valence-electron chi connectivity index (χ3n) is 4.87. The van der Waals surface area contributed by atoms with E-state index in [4.69, 9.17) is 18.9 Å². The maximum absolute atomic E-state index is 6.21. The van der Waals surface area contributed by atoms with Gasteiger partial charge in [-0.2, -0.15) is 0 Å². The maximum atomic E-state index is 6.21. The van der Waals surface area contributed by atoms with Crippen LogP contribution in [-0.2, 0) is 11.8 Å². The summed E-state index contributed by atoms with van der Waals surface area (Å²) in [5.41, 5.74) is 3.08. The summed E-state index contributed by atoms with van der Waals surface area (Å²) >= 11 is 0. The molecule has 1 unspecified atom stereocenters. The van der Waals surface area contributed by atoms with Crippen LogP contribution in [0.3, 0.4) is 0 Å². The van der Waals surface area contributed by atoms with E-state index in [0.717, 1.165) is 22.0 Å². The van der Waals surface area contributed by atoms with Gasteiger partial charge in [0.1, 0.15) is 6.10 Å². The first-order valence-corrected chi connectivity index (χ1v) is 8.71. The Hall–Kier alpha value is -3.15. The van der Waals surface area contributed by atoms with E-state index in [-0.39, 0.29) is 6.10 Å². The molecule has 1 atom stereocenters. The van der Waals surface area contributed by atoms with Crippen molar-refractivity contribution in [2.24, 2.45) is 12.0 Å². The van der Waals surface area contributed by atoms with E-state index in [1.165, 1.54) is 0 Å². The van der Waals surface area contributed by atoms with E-state index in [2.05, 4.69) is 21.7 Å². The number of fused-ring (bicyclic) bond motifs is 1. The minimum absolute atomic E-state index is 0.201. The van der Waals surface area contributed by atoms with Crippen LogP contribution in [0.15, 0.2) is 47.6 Å². The molecule has 0 aliphatic carbocycles. The average Bonchev–Trinajstić information content (AvgIpc) is 3.34. The zero-order chi connectivity index (χ0) is 19.0. The lowest BCUT2D eigenvalue weighted by molar-refractivity contribution is 0.228. The lowest BCUT2D eigenvalue weighted by Crippen LogP contribution is -2.08. The Kier molecular flexibility index (Phi) is 4.39. The molecule has 3 aromatic rings. The second kappa shape index (κ2) is 6.87. The summed E-state index contributed by atoms with van der Waals surface area (Å²) in [6.07, 6.45) is 1.84. The largest absolute Gasteiger partial charge is 0.493 e. The number of benzene rings is 2. The molecule has 2 aromatic carbocycles. The monoisotopic (exact) mass is 366 g/mol. The van der Waals surface area contributed by atoms with Crippen molar-refractivity contribution in [1.82, 2.24) is 4.57 Å². The van der Waals surface area contributed by atoms with Crippen molar-refractivity contribution in [1.29, 1.82) is 0 Å². The minimum Gasteiger partial charge on any atom is -0.493 e. The van der Waals surface area contributed by atoms with E-state index in [0.29, 0.717) is 29.7 Å². The Morgan fingerprint density at radius 3 is 2.44 bits per heavy atom. The van der Waals surface area contributed by atoms with Gasteiger partial charge in [-0.3, -0.25) is 0 Å². The van der Waals surface area contributed by atoms with Crippen molar-refractivity contribution in [3.63, 3.8) is 0 Å². The highest BCUT2D eigenvalue weighted by molar-refractivity contribution is 6.07. The fraction of sp³-hybridized carbons (Fsp3) is 0.286. The lowest BCUT2D eigenvalue weighted by atomic mass is 10.1. The molecule has 1 aliphatic rings. The Morgan fingerprint density at radius 2 is 1.78 bits per heavy atom. The molecule has 0 N–H and O–H groups in total. The Morgan fingerprint density at radius 1 is 1.04 bits per heavy atom. The third kappa shape index (κ3) is 2.87. The van der Waals surface area contributed by atoms with E-state index in [9.17, 15) is 0 Å². The van der Waals surface area contributed by atoms with Crippen LogP contribution in [0.5, 0.6) is 17.2 Å². The molecule has 0 spiro atoms. The van der Waals surface area contributed by atoms with Gasteiger partial charge in [0.05, 0.1) is 27.9 Å². The average molecular weight is 366 g/mol. The quantitative estimate of drug-likeness (QED) is 0.691. The number of rotatable bonds is 5. The summed E-state index contributed by atoms with van der Waals surface area (Å²) in [7, 11) is 6.83. The summed E-state index contributed by atoms with van der Waals surface area (Å²) in [5.74, 6) is 2.44. The Labute approximate surface area is 157 Å². The molecule has 0 fully saturated rings. The van der Waals surface area contributed by atoms with Gasteiger partial charge in [-0.15, -0.1) is 0 Å². The third-order valence-corrected chi connectivity index (χ3v) is 4.87. The van der Waals surface area contributed by atoms with Crippen LogP contribution < -0.4 is 14.2 Å². The number of aromatic nitrogens is 1. The molecule has 1 aromatic heterocycles. The van der Waals surface area contributed by atoms with E-state index < -0.39 is 0 Å². The topological polar surface area (TPSA) is 54.2 Å². The fourth-order valence-corrected chi connectivity index (χ4v) is 3.47. The number of methoxy groups -OCH3 is 3. The minimum atomic E-state index is -0.201. The van der Waals surface area contributed by atoms with Crippen molar-refractivity contribution in [2.75, 3.05) is 27.9 Å². The SMILES string of the molecule is COc1cc(C2CN=C(c3cccc4c3ccn4C)O2)cc(OC)c1OC. The standard InChI is InChI=1S/C21H22N2O4/c1-23-9-8-14-15(6-5-7-16(14)23)21-22-12-19(27-21)13-10-17(24-2)20(26-4)18(11-13)25-3/h5-11,19H,12H2,1-4H3. The van der Waals surface area contributed by atoms with Crippen molar-refractivity contribution < 1.29 is 18.9 Å². The second-order valence-corrected chi connectivity index (χ2v) is 6.38. The Balaban J connectivity index is 1.66. The number of aryl methyl sites for hydroxylation is 1. The summed E-state index contributed by atoms with van der Waals surface area (Å²) in [5, 5.41) is 1.13. The fourth-order valence-electron chi connectivity index (χ4n) is 3.47. The molecular formula is C21H22N2O4. The molecular weight excluding hydrogens is 344 g/mol. The van der Waals surface area contributed by atoms with Gasteiger partial charge in [0.2, 0.25) is 11.6 Å². The van der Waals surface area contributed by atoms with Gasteiger partial charge >= 0.3 is 0 Å². The summed E-state index contributed by atoms with van der Waals surface area (Å²) in [4.78, 5) is 4.65. The van der Waals surface area contributed by atoms with Crippen molar-refractivity contribution in [3.8, 4) is 17.2 Å². The molecule has 6 nitrogen and oxygen atoms in total. The second-order valence-electron chi connectivity index (χ2n) is 6.38. The normalized spacial score (nSPS) is 16.1. The predicted molar refractivity (Wildman–Crippen MR) is 104 cm³/mol.